The Balaban J connectivity index is 2.05. The molecular formula is C26H29BrO8. The minimum absolute atomic E-state index is 0.113. The highest BCUT2D eigenvalue weighted by atomic mass is 79.9. The number of rotatable bonds is 12. The van der Waals surface area contributed by atoms with Crippen molar-refractivity contribution in [1.29, 1.82) is 0 Å². The van der Waals surface area contributed by atoms with Gasteiger partial charge < -0.3 is 28.4 Å². The summed E-state index contributed by atoms with van der Waals surface area (Å²) in [5.74, 6) is 0.453. The molecule has 0 saturated heterocycles. The molecule has 0 aliphatic heterocycles. The Morgan fingerprint density at radius 1 is 0.714 bits per heavy atom. The average molecular weight is 549 g/mol. The Bertz CT molecular complexity index is 1180. The average Bonchev–Trinajstić information content (AvgIpc) is 2.80. The van der Waals surface area contributed by atoms with Crippen LogP contribution in [0, 0.1) is 0 Å². The van der Waals surface area contributed by atoms with Crippen molar-refractivity contribution >= 4 is 49.4 Å². The van der Waals surface area contributed by atoms with Gasteiger partial charge in [0.25, 0.3) is 0 Å². The van der Waals surface area contributed by atoms with Gasteiger partial charge in [0.15, 0.2) is 12.2 Å². The van der Waals surface area contributed by atoms with Crippen LogP contribution in [0.2, 0.25) is 0 Å². The Kier molecular flexibility index (Phi) is 9.71. The zero-order valence-corrected chi connectivity index (χ0v) is 21.8. The molecular weight excluding hydrogens is 520 g/mol. The normalized spacial score (nSPS) is 12.8. The lowest BCUT2D eigenvalue weighted by atomic mass is 10.0. The number of ether oxygens (including phenoxy) is 6. The lowest BCUT2D eigenvalue weighted by Crippen LogP contribution is -2.29. The van der Waals surface area contributed by atoms with Gasteiger partial charge in [-0.2, -0.15) is 0 Å². The number of carbonyl (C=O) groups is 2. The van der Waals surface area contributed by atoms with Crippen molar-refractivity contribution < 1.29 is 38.0 Å². The molecule has 188 valence electrons. The number of esters is 2. The van der Waals surface area contributed by atoms with E-state index in [2.05, 4.69) is 15.9 Å². The molecule has 2 unspecified atom stereocenters. The summed E-state index contributed by atoms with van der Waals surface area (Å²) in [5, 5.41) is 3.27. The lowest BCUT2D eigenvalue weighted by molar-refractivity contribution is -0.151. The van der Waals surface area contributed by atoms with Crippen LogP contribution in [0.25, 0.3) is 21.5 Å². The highest BCUT2D eigenvalue weighted by Gasteiger charge is 2.21. The minimum Gasteiger partial charge on any atom is -0.488 e. The summed E-state index contributed by atoms with van der Waals surface area (Å²) < 4.78 is 34.4. The molecule has 0 bridgehead atoms. The molecule has 0 N–H and O–H groups in total. The van der Waals surface area contributed by atoms with E-state index < -0.39 is 24.1 Å². The van der Waals surface area contributed by atoms with Gasteiger partial charge >= 0.3 is 11.9 Å². The number of halogens is 1. The Hall–Kier alpha value is -2.88. The first-order valence-corrected chi connectivity index (χ1v) is 11.8. The van der Waals surface area contributed by atoms with Crippen LogP contribution in [-0.4, -0.2) is 64.8 Å². The van der Waals surface area contributed by atoms with Crippen molar-refractivity contribution in [2.45, 2.75) is 26.1 Å². The molecule has 3 aromatic carbocycles. The third-order valence-corrected chi connectivity index (χ3v) is 5.58. The molecule has 3 aromatic rings. The van der Waals surface area contributed by atoms with Crippen molar-refractivity contribution in [2.24, 2.45) is 0 Å². The molecule has 0 heterocycles. The first-order valence-electron chi connectivity index (χ1n) is 11.1. The summed E-state index contributed by atoms with van der Waals surface area (Å²) in [5.41, 5.74) is 0. The molecule has 0 aromatic heterocycles. The molecule has 0 radical (unpaired) electrons. The van der Waals surface area contributed by atoms with E-state index in [0.717, 1.165) is 26.0 Å². The summed E-state index contributed by atoms with van der Waals surface area (Å²) in [6.45, 7) is 3.34. The van der Waals surface area contributed by atoms with E-state index in [1.807, 2.05) is 42.5 Å². The van der Waals surface area contributed by atoms with E-state index in [1.165, 1.54) is 28.1 Å². The summed E-state index contributed by atoms with van der Waals surface area (Å²) in [6.07, 6.45) is -1.12. The maximum atomic E-state index is 11.5. The van der Waals surface area contributed by atoms with Gasteiger partial charge in [0.05, 0.1) is 13.2 Å². The first-order chi connectivity index (χ1) is 16.8. The molecule has 3 rings (SSSR count). The first kappa shape index (κ1) is 26.7. The second-order valence-corrected chi connectivity index (χ2v) is 8.80. The molecule has 0 saturated carbocycles. The molecule has 0 amide bonds. The zero-order valence-electron chi connectivity index (χ0n) is 20.2. The summed E-state index contributed by atoms with van der Waals surface area (Å²) >= 11 is 3.54. The van der Waals surface area contributed by atoms with Gasteiger partial charge in [0.2, 0.25) is 0 Å². The van der Waals surface area contributed by atoms with Crippen molar-refractivity contribution in [3.8, 4) is 11.5 Å². The number of fused-ring (bicyclic) bond motifs is 2. The lowest BCUT2D eigenvalue weighted by Gasteiger charge is -2.22. The van der Waals surface area contributed by atoms with E-state index in [4.69, 9.17) is 28.4 Å². The SMILES string of the molecule is COCC(COc1c2ccccc2c(OCC(COC)OC(C)=O)c2cc(Br)ccc12)OC(C)=O. The smallest absolute Gasteiger partial charge is 0.303 e. The number of benzene rings is 3. The Morgan fingerprint density at radius 3 is 1.63 bits per heavy atom. The summed E-state index contributed by atoms with van der Waals surface area (Å²) in [4.78, 5) is 23.0. The third kappa shape index (κ3) is 7.06. The topological polar surface area (TPSA) is 89.5 Å². The van der Waals surface area contributed by atoms with Gasteiger partial charge in [-0.1, -0.05) is 40.2 Å². The fourth-order valence-electron chi connectivity index (χ4n) is 3.81. The number of hydrogen-bond donors (Lipinski definition) is 0. The Labute approximate surface area is 212 Å². The monoisotopic (exact) mass is 548 g/mol. The number of carbonyl (C=O) groups excluding carboxylic acids is 2. The van der Waals surface area contributed by atoms with Crippen LogP contribution in [0.3, 0.4) is 0 Å². The van der Waals surface area contributed by atoms with E-state index in [-0.39, 0.29) is 26.4 Å². The highest BCUT2D eigenvalue weighted by Crippen LogP contribution is 2.43. The molecule has 0 aliphatic carbocycles. The number of methoxy groups -OCH3 is 2. The molecule has 2 atom stereocenters. The van der Waals surface area contributed by atoms with Crippen LogP contribution in [0.15, 0.2) is 46.9 Å². The molecule has 8 nitrogen and oxygen atoms in total. The largest absolute Gasteiger partial charge is 0.488 e. The van der Waals surface area contributed by atoms with Crippen LogP contribution >= 0.6 is 15.9 Å². The van der Waals surface area contributed by atoms with Crippen molar-refractivity contribution in [3.63, 3.8) is 0 Å². The molecule has 0 fully saturated rings. The standard InChI is InChI=1S/C26H29BrO8/c1-16(28)34-19(12-30-3)14-32-25-21-7-5-6-8-22(21)26(24-11-18(27)9-10-23(24)25)33-15-20(13-31-4)35-17(2)29/h5-11,19-20H,12-15H2,1-4H3. The quantitative estimate of drug-likeness (QED) is 0.238. The fourth-order valence-corrected chi connectivity index (χ4v) is 4.17. The van der Waals surface area contributed by atoms with Crippen LogP contribution in [0.1, 0.15) is 13.8 Å². The van der Waals surface area contributed by atoms with E-state index in [1.54, 1.807) is 0 Å². The Morgan fingerprint density at radius 2 is 1.17 bits per heavy atom. The van der Waals surface area contributed by atoms with Crippen LogP contribution in [0.4, 0.5) is 0 Å². The van der Waals surface area contributed by atoms with E-state index in [0.29, 0.717) is 11.5 Å². The van der Waals surface area contributed by atoms with Crippen LogP contribution < -0.4 is 9.47 Å². The van der Waals surface area contributed by atoms with E-state index in [9.17, 15) is 9.59 Å². The zero-order chi connectivity index (χ0) is 25.4. The van der Waals surface area contributed by atoms with Gasteiger partial charge in [0, 0.05) is 54.1 Å². The maximum absolute atomic E-state index is 11.5. The van der Waals surface area contributed by atoms with Crippen molar-refractivity contribution in [3.05, 3.63) is 46.9 Å². The van der Waals surface area contributed by atoms with Crippen molar-refractivity contribution in [2.75, 3.05) is 40.6 Å². The van der Waals surface area contributed by atoms with Gasteiger partial charge in [-0.15, -0.1) is 0 Å². The predicted molar refractivity (Wildman–Crippen MR) is 135 cm³/mol. The second-order valence-electron chi connectivity index (χ2n) is 7.89. The van der Waals surface area contributed by atoms with Crippen LogP contribution in [-0.2, 0) is 28.5 Å². The molecule has 35 heavy (non-hydrogen) atoms. The maximum Gasteiger partial charge on any atom is 0.303 e. The highest BCUT2D eigenvalue weighted by molar-refractivity contribution is 9.10. The third-order valence-electron chi connectivity index (χ3n) is 5.08. The summed E-state index contributed by atoms with van der Waals surface area (Å²) in [7, 11) is 3.08. The molecule has 0 aliphatic rings. The second kappa shape index (κ2) is 12.7. The van der Waals surface area contributed by atoms with Gasteiger partial charge in [-0.25, -0.2) is 0 Å². The fraction of sp³-hybridized carbons (Fsp3) is 0.385. The minimum atomic E-state index is -0.562. The van der Waals surface area contributed by atoms with E-state index >= 15 is 0 Å². The predicted octanol–water partition coefficient (Wildman–Crippen LogP) is 4.67. The van der Waals surface area contributed by atoms with Gasteiger partial charge in [-0.05, 0) is 18.2 Å². The molecule has 0 spiro atoms. The van der Waals surface area contributed by atoms with Crippen LogP contribution in [0.5, 0.6) is 11.5 Å². The molecule has 9 heteroatoms. The van der Waals surface area contributed by atoms with Gasteiger partial charge in [-0.3, -0.25) is 9.59 Å². The number of hydrogen-bond acceptors (Lipinski definition) is 8. The van der Waals surface area contributed by atoms with Crippen molar-refractivity contribution in [1.82, 2.24) is 0 Å². The summed E-state index contributed by atoms with van der Waals surface area (Å²) in [6, 6.07) is 13.5. The van der Waals surface area contributed by atoms with Gasteiger partial charge in [0.1, 0.15) is 24.7 Å².